The first-order chi connectivity index (χ1) is 27.0. The molecule has 276 valence electrons. The van der Waals surface area contributed by atoms with Crippen LogP contribution >= 0.6 is 0 Å². The van der Waals surface area contributed by atoms with Gasteiger partial charge in [0, 0.05) is 10.8 Å². The van der Waals surface area contributed by atoms with Gasteiger partial charge in [-0.25, -0.2) is 25.2 Å². The van der Waals surface area contributed by atoms with Gasteiger partial charge in [-0.1, -0.05) is 72.8 Å². The van der Waals surface area contributed by atoms with Crippen molar-refractivity contribution in [2.45, 2.75) is 13.1 Å². The number of fused-ring (bicyclic) bond motifs is 7. The molecule has 8 aromatic rings. The number of nitrogens with one attached hydrogen (secondary N) is 2. The highest BCUT2D eigenvalue weighted by molar-refractivity contribution is 6.10. The second-order valence-corrected chi connectivity index (χ2v) is 12.6. The third-order valence-electron chi connectivity index (χ3n) is 9.29. The zero-order chi connectivity index (χ0) is 39.2. The number of aromatic nitrogens is 2. The fourth-order valence-electron chi connectivity index (χ4n) is 6.54. The zero-order valence-electron chi connectivity index (χ0n) is 28.8. The van der Waals surface area contributed by atoms with E-state index < -0.39 is 70.3 Å². The first-order valence-electron chi connectivity index (χ1n) is 16.8. The lowest BCUT2D eigenvalue weighted by Crippen LogP contribution is -2.50. The first kappa shape index (κ1) is 35.1. The molecule has 0 saturated heterocycles. The molecule has 4 amide bonds. The number of nitrogens with two attached hydrogens (primary N) is 1. The Morgan fingerprint density at radius 1 is 0.589 bits per heavy atom. The number of rotatable bonds is 6. The van der Waals surface area contributed by atoms with Crippen LogP contribution in [0.3, 0.4) is 0 Å². The molecule has 16 heteroatoms. The Morgan fingerprint density at radius 3 is 1.75 bits per heavy atom. The standard InChI is InChI=1S/C40H26N6O10/c41-46(37(51)29-18-27-24-10-4-2-8-22(24)14-16-32(27)56-39(29)53)34(48)20-44-30-12-6-5-11-25(30)36(50)45(40(44)54)19-33(47)42-43-35(49)28-17-26-23-9-3-1-7-21(23)13-15-31(26)55-38(28)52/h1-18H,19-20,41H2,(H,42,47)(H,43,49). The van der Waals surface area contributed by atoms with Crippen LogP contribution in [0.4, 0.5) is 0 Å². The van der Waals surface area contributed by atoms with E-state index in [2.05, 4.69) is 10.9 Å². The molecule has 0 aliphatic carbocycles. The average Bonchev–Trinajstić information content (AvgIpc) is 3.21. The molecule has 0 bridgehead atoms. The number of nitrogens with zero attached hydrogens (tertiary/aromatic N) is 3. The van der Waals surface area contributed by atoms with Crippen molar-refractivity contribution in [1.29, 1.82) is 0 Å². The van der Waals surface area contributed by atoms with Crippen LogP contribution in [-0.4, -0.2) is 37.8 Å². The average molecular weight is 751 g/mol. The molecule has 0 unspecified atom stereocenters. The minimum absolute atomic E-state index is 0.0195. The van der Waals surface area contributed by atoms with Crippen LogP contribution < -0.4 is 39.2 Å². The zero-order valence-corrected chi connectivity index (χ0v) is 28.8. The molecule has 0 aliphatic heterocycles. The molecule has 0 fully saturated rings. The van der Waals surface area contributed by atoms with Crippen LogP contribution in [0.1, 0.15) is 20.7 Å². The monoisotopic (exact) mass is 750 g/mol. The van der Waals surface area contributed by atoms with E-state index in [4.69, 9.17) is 14.7 Å². The van der Waals surface area contributed by atoms with Crippen LogP contribution in [0.5, 0.6) is 0 Å². The van der Waals surface area contributed by atoms with Crippen LogP contribution in [-0.2, 0) is 22.7 Å². The van der Waals surface area contributed by atoms with Crippen LogP contribution in [0.25, 0.3) is 54.4 Å². The Labute approximate surface area is 311 Å². The maximum Gasteiger partial charge on any atom is 0.349 e. The number of imide groups is 1. The van der Waals surface area contributed by atoms with Gasteiger partial charge in [0.1, 0.15) is 35.4 Å². The number of carbonyl (C=O) groups excluding carboxylic acids is 4. The normalized spacial score (nSPS) is 11.3. The molecule has 3 aromatic heterocycles. The summed E-state index contributed by atoms with van der Waals surface area (Å²) in [5, 5.41) is 4.01. The van der Waals surface area contributed by atoms with Gasteiger partial charge in [-0.05, 0) is 57.9 Å². The topological polar surface area (TPSA) is 226 Å². The van der Waals surface area contributed by atoms with E-state index in [9.17, 15) is 38.4 Å². The van der Waals surface area contributed by atoms with E-state index in [1.54, 1.807) is 48.5 Å². The van der Waals surface area contributed by atoms with Crippen molar-refractivity contribution in [1.82, 2.24) is 25.0 Å². The van der Waals surface area contributed by atoms with Crippen molar-refractivity contribution in [3.63, 3.8) is 0 Å². The minimum Gasteiger partial charge on any atom is -0.422 e. The smallest absolute Gasteiger partial charge is 0.349 e. The van der Waals surface area contributed by atoms with Crippen molar-refractivity contribution >= 4 is 78.0 Å². The molecule has 0 spiro atoms. The number of benzene rings is 5. The van der Waals surface area contributed by atoms with Crippen LogP contribution in [0.2, 0.25) is 0 Å². The molecule has 8 rings (SSSR count). The summed E-state index contributed by atoms with van der Waals surface area (Å²) < 4.78 is 12.0. The van der Waals surface area contributed by atoms with Gasteiger partial charge < -0.3 is 8.83 Å². The second kappa shape index (κ2) is 13.8. The van der Waals surface area contributed by atoms with Gasteiger partial charge in [0.15, 0.2) is 0 Å². The quantitative estimate of drug-likeness (QED) is 0.0736. The van der Waals surface area contributed by atoms with Gasteiger partial charge in [-0.2, -0.15) is 0 Å². The highest BCUT2D eigenvalue weighted by Gasteiger charge is 2.26. The summed E-state index contributed by atoms with van der Waals surface area (Å²) in [7, 11) is 0. The van der Waals surface area contributed by atoms with Crippen molar-refractivity contribution in [3.8, 4) is 0 Å². The summed E-state index contributed by atoms with van der Waals surface area (Å²) in [5.41, 5.74) is -0.422. The Balaban J connectivity index is 1.04. The van der Waals surface area contributed by atoms with Crippen LogP contribution in [0.15, 0.2) is 137 Å². The highest BCUT2D eigenvalue weighted by Crippen LogP contribution is 2.26. The lowest BCUT2D eigenvalue weighted by molar-refractivity contribution is -0.129. The lowest BCUT2D eigenvalue weighted by Gasteiger charge is -2.18. The third kappa shape index (κ3) is 6.06. The Kier molecular flexibility index (Phi) is 8.63. The minimum atomic E-state index is -1.21. The summed E-state index contributed by atoms with van der Waals surface area (Å²) in [4.78, 5) is 106. The molecule has 0 aliphatic rings. The van der Waals surface area contributed by atoms with Crippen molar-refractivity contribution in [3.05, 3.63) is 162 Å². The number of hydrogen-bond donors (Lipinski definition) is 3. The fourth-order valence-corrected chi connectivity index (χ4v) is 6.54. The van der Waals surface area contributed by atoms with E-state index >= 15 is 0 Å². The van der Waals surface area contributed by atoms with Gasteiger partial charge in [0.05, 0.1) is 10.9 Å². The van der Waals surface area contributed by atoms with E-state index in [1.807, 2.05) is 24.3 Å². The molecule has 3 heterocycles. The Bertz CT molecular complexity index is 3250. The lowest BCUT2D eigenvalue weighted by atomic mass is 10.0. The van der Waals surface area contributed by atoms with Gasteiger partial charge in [0.25, 0.3) is 29.2 Å². The van der Waals surface area contributed by atoms with Gasteiger partial charge >= 0.3 is 16.9 Å². The summed E-state index contributed by atoms with van der Waals surface area (Å²) in [6, 6.07) is 29.4. The van der Waals surface area contributed by atoms with Gasteiger partial charge in [-0.15, -0.1) is 0 Å². The van der Waals surface area contributed by atoms with E-state index in [0.29, 0.717) is 26.1 Å². The molecule has 56 heavy (non-hydrogen) atoms. The number of hydrazine groups is 2. The SMILES string of the molecule is NN(C(=O)Cn1c(=O)n(CC(=O)NNC(=O)c2cc3c(ccc4ccccc43)oc2=O)c(=O)c2ccccc21)C(=O)c1cc2c(ccc3ccccc32)oc1=O. The summed E-state index contributed by atoms with van der Waals surface area (Å²) in [6.07, 6.45) is 0. The number of carbonyl (C=O) groups is 4. The largest absolute Gasteiger partial charge is 0.422 e. The molecule has 0 atom stereocenters. The second-order valence-electron chi connectivity index (χ2n) is 12.6. The summed E-state index contributed by atoms with van der Waals surface area (Å²) in [6.45, 7) is -1.83. The summed E-state index contributed by atoms with van der Waals surface area (Å²) >= 11 is 0. The maximum absolute atomic E-state index is 13.7. The molecular weight excluding hydrogens is 724 g/mol. The Morgan fingerprint density at radius 2 is 1.12 bits per heavy atom. The van der Waals surface area contributed by atoms with E-state index in [-0.39, 0.29) is 27.1 Å². The molecule has 0 saturated carbocycles. The summed E-state index contributed by atoms with van der Waals surface area (Å²) in [5.74, 6) is 1.49. The van der Waals surface area contributed by atoms with Gasteiger partial charge in [-0.3, -0.25) is 44.0 Å². The predicted molar refractivity (Wildman–Crippen MR) is 203 cm³/mol. The molecule has 5 aromatic carbocycles. The van der Waals surface area contributed by atoms with Crippen LogP contribution in [0, 0.1) is 0 Å². The van der Waals surface area contributed by atoms with E-state index in [1.165, 1.54) is 36.4 Å². The Hall–Kier alpha value is -7.98. The van der Waals surface area contributed by atoms with Crippen molar-refractivity contribution < 1.29 is 28.0 Å². The van der Waals surface area contributed by atoms with Crippen molar-refractivity contribution in [2.24, 2.45) is 5.84 Å². The molecular formula is C40H26N6O10. The maximum atomic E-state index is 13.7. The third-order valence-corrected chi connectivity index (χ3v) is 9.29. The highest BCUT2D eigenvalue weighted by atomic mass is 16.4. The van der Waals surface area contributed by atoms with Crippen molar-refractivity contribution in [2.75, 3.05) is 0 Å². The van der Waals surface area contributed by atoms with Gasteiger partial charge in [0.2, 0.25) is 0 Å². The number of para-hydroxylation sites is 1. The number of amides is 4. The van der Waals surface area contributed by atoms with E-state index in [0.717, 1.165) is 15.3 Å². The molecule has 16 nitrogen and oxygen atoms in total. The first-order valence-corrected chi connectivity index (χ1v) is 16.8. The predicted octanol–water partition coefficient (Wildman–Crippen LogP) is 2.69. The number of hydrogen-bond acceptors (Lipinski definition) is 11. The molecule has 4 N–H and O–H groups in total. The fraction of sp³-hybridized carbons (Fsp3) is 0.0500. The molecule has 0 radical (unpaired) electrons.